The zero-order valence-corrected chi connectivity index (χ0v) is 12.9. The maximum atomic E-state index is 5.62. The monoisotopic (exact) mass is 285 g/mol. The van der Waals surface area contributed by atoms with Gasteiger partial charge < -0.3 is 14.2 Å². The van der Waals surface area contributed by atoms with E-state index in [1.54, 1.807) is 0 Å². The number of nitrogens with zero attached hydrogens (tertiary/aromatic N) is 3. The Balaban J connectivity index is 2.04. The van der Waals surface area contributed by atoms with Gasteiger partial charge in [0.25, 0.3) is 0 Å². The molecule has 0 N–H and O–H groups in total. The first-order chi connectivity index (χ1) is 10.3. The molecule has 1 aromatic carbocycles. The molecule has 0 unspecified atom stereocenters. The van der Waals surface area contributed by atoms with Crippen molar-refractivity contribution in [2.75, 3.05) is 20.2 Å². The third kappa shape index (κ3) is 3.01. The maximum Gasteiger partial charge on any atom is 0.140 e. The van der Waals surface area contributed by atoms with E-state index in [1.165, 1.54) is 11.3 Å². The van der Waals surface area contributed by atoms with Crippen LogP contribution in [0.2, 0.25) is 0 Å². The second-order valence-corrected chi connectivity index (χ2v) is 5.57. The Morgan fingerprint density at radius 1 is 1.19 bits per heavy atom. The largest absolute Gasteiger partial charge is 0.375 e. The van der Waals surface area contributed by atoms with Gasteiger partial charge in [-0.1, -0.05) is 30.3 Å². The molecule has 1 aliphatic heterocycles. The van der Waals surface area contributed by atoms with E-state index in [1.807, 2.05) is 13.0 Å². The summed E-state index contributed by atoms with van der Waals surface area (Å²) in [7, 11) is 2.18. The van der Waals surface area contributed by atoms with E-state index in [-0.39, 0.29) is 0 Å². The Bertz CT molecular complexity index is 592. The van der Waals surface area contributed by atoms with Crippen LogP contribution < -0.4 is 0 Å². The molecule has 0 amide bonds. The van der Waals surface area contributed by atoms with E-state index >= 15 is 0 Å². The summed E-state index contributed by atoms with van der Waals surface area (Å²) in [5.41, 5.74) is 3.58. The molecule has 21 heavy (non-hydrogen) atoms. The van der Waals surface area contributed by atoms with Crippen LogP contribution in [0.3, 0.4) is 0 Å². The Kier molecular flexibility index (Phi) is 4.36. The summed E-state index contributed by atoms with van der Waals surface area (Å²) in [4.78, 5) is 7.25. The molecule has 0 bridgehead atoms. The lowest BCUT2D eigenvalue weighted by Crippen LogP contribution is -2.18. The highest BCUT2D eigenvalue weighted by Crippen LogP contribution is 2.26. The van der Waals surface area contributed by atoms with Crippen LogP contribution in [0.4, 0.5) is 0 Å². The summed E-state index contributed by atoms with van der Waals surface area (Å²) in [5.74, 6) is 1.08. The maximum absolute atomic E-state index is 5.62. The summed E-state index contributed by atoms with van der Waals surface area (Å²) in [6.07, 6.45) is 1.16. The van der Waals surface area contributed by atoms with E-state index in [0.29, 0.717) is 6.61 Å². The SMILES string of the molecule is CCOCc1nc(-c2ccccc2)n2c1CN(C)CCC2. The first kappa shape index (κ1) is 14.3. The quantitative estimate of drug-likeness (QED) is 0.865. The van der Waals surface area contributed by atoms with Crippen molar-refractivity contribution in [3.05, 3.63) is 41.7 Å². The zero-order chi connectivity index (χ0) is 14.7. The highest BCUT2D eigenvalue weighted by molar-refractivity contribution is 5.57. The van der Waals surface area contributed by atoms with Gasteiger partial charge >= 0.3 is 0 Å². The van der Waals surface area contributed by atoms with E-state index in [0.717, 1.165) is 44.2 Å². The third-order valence-electron chi connectivity index (χ3n) is 3.97. The molecule has 0 atom stereocenters. The van der Waals surface area contributed by atoms with Gasteiger partial charge in [0, 0.05) is 25.3 Å². The number of benzene rings is 1. The fourth-order valence-corrected chi connectivity index (χ4v) is 2.91. The number of rotatable bonds is 4. The first-order valence-electron chi connectivity index (χ1n) is 7.69. The van der Waals surface area contributed by atoms with Gasteiger partial charge in [0.15, 0.2) is 0 Å². The Morgan fingerprint density at radius 2 is 2.00 bits per heavy atom. The molecular formula is C17H23N3O. The molecule has 1 aliphatic rings. The van der Waals surface area contributed by atoms with Gasteiger partial charge in [-0.15, -0.1) is 0 Å². The molecule has 112 valence electrons. The molecule has 2 aromatic rings. The predicted molar refractivity (Wildman–Crippen MR) is 83.9 cm³/mol. The highest BCUT2D eigenvalue weighted by atomic mass is 16.5. The van der Waals surface area contributed by atoms with Gasteiger partial charge in [0.05, 0.1) is 18.0 Å². The van der Waals surface area contributed by atoms with Gasteiger partial charge in [-0.3, -0.25) is 0 Å². The summed E-state index contributed by atoms with van der Waals surface area (Å²) in [6, 6.07) is 10.5. The topological polar surface area (TPSA) is 30.3 Å². The molecule has 0 radical (unpaired) electrons. The standard InChI is InChI=1S/C17H23N3O/c1-3-21-13-15-16-12-19(2)10-7-11-20(16)17(18-15)14-8-5-4-6-9-14/h4-6,8-9H,3,7,10-13H2,1-2H3. The number of fused-ring (bicyclic) bond motifs is 1. The molecule has 0 saturated carbocycles. The first-order valence-corrected chi connectivity index (χ1v) is 7.69. The number of ether oxygens (including phenoxy) is 1. The van der Waals surface area contributed by atoms with Crippen molar-refractivity contribution in [1.29, 1.82) is 0 Å². The average molecular weight is 285 g/mol. The summed E-state index contributed by atoms with van der Waals surface area (Å²) in [5, 5.41) is 0. The molecule has 4 nitrogen and oxygen atoms in total. The van der Waals surface area contributed by atoms with E-state index < -0.39 is 0 Å². The van der Waals surface area contributed by atoms with Gasteiger partial charge in [0.1, 0.15) is 5.82 Å². The minimum atomic E-state index is 0.604. The fourth-order valence-electron chi connectivity index (χ4n) is 2.91. The fraction of sp³-hybridized carbons (Fsp3) is 0.471. The van der Waals surface area contributed by atoms with Gasteiger partial charge in [-0.05, 0) is 26.9 Å². The van der Waals surface area contributed by atoms with Crippen molar-refractivity contribution in [3.63, 3.8) is 0 Å². The van der Waals surface area contributed by atoms with Gasteiger partial charge in [-0.2, -0.15) is 0 Å². The van der Waals surface area contributed by atoms with E-state index in [2.05, 4.69) is 40.8 Å². The van der Waals surface area contributed by atoms with Crippen molar-refractivity contribution in [2.24, 2.45) is 0 Å². The Hall–Kier alpha value is -1.65. The Labute approximate surface area is 126 Å². The lowest BCUT2D eigenvalue weighted by atomic mass is 10.2. The van der Waals surface area contributed by atoms with Crippen molar-refractivity contribution < 1.29 is 4.74 Å². The van der Waals surface area contributed by atoms with E-state index in [9.17, 15) is 0 Å². The van der Waals surface area contributed by atoms with Crippen molar-refractivity contribution in [2.45, 2.75) is 33.0 Å². The lowest BCUT2D eigenvalue weighted by molar-refractivity contribution is 0.130. The van der Waals surface area contributed by atoms with Crippen LogP contribution in [0.15, 0.2) is 30.3 Å². The minimum absolute atomic E-state index is 0.604. The number of hydrogen-bond donors (Lipinski definition) is 0. The third-order valence-corrected chi connectivity index (χ3v) is 3.97. The normalized spacial score (nSPS) is 15.7. The molecular weight excluding hydrogens is 262 g/mol. The molecule has 0 spiro atoms. The molecule has 0 aliphatic carbocycles. The molecule has 0 saturated heterocycles. The molecule has 0 fully saturated rings. The smallest absolute Gasteiger partial charge is 0.140 e. The number of aromatic nitrogens is 2. The second-order valence-electron chi connectivity index (χ2n) is 5.57. The Morgan fingerprint density at radius 3 is 2.76 bits per heavy atom. The molecule has 4 heteroatoms. The van der Waals surface area contributed by atoms with Crippen LogP contribution in [0.1, 0.15) is 24.7 Å². The summed E-state index contributed by atoms with van der Waals surface area (Å²) in [6.45, 7) is 6.46. The molecule has 3 rings (SSSR count). The van der Waals surface area contributed by atoms with Crippen LogP contribution in [0, 0.1) is 0 Å². The second kappa shape index (κ2) is 6.41. The van der Waals surface area contributed by atoms with Crippen molar-refractivity contribution >= 4 is 0 Å². The van der Waals surface area contributed by atoms with Crippen LogP contribution in [-0.2, 0) is 24.4 Å². The lowest BCUT2D eigenvalue weighted by Gasteiger charge is -2.13. The molecule has 2 heterocycles. The highest BCUT2D eigenvalue weighted by Gasteiger charge is 2.21. The minimum Gasteiger partial charge on any atom is -0.375 e. The van der Waals surface area contributed by atoms with Crippen LogP contribution in [-0.4, -0.2) is 34.7 Å². The van der Waals surface area contributed by atoms with Gasteiger partial charge in [0.2, 0.25) is 0 Å². The van der Waals surface area contributed by atoms with Crippen molar-refractivity contribution in [1.82, 2.24) is 14.5 Å². The predicted octanol–water partition coefficient (Wildman–Crippen LogP) is 2.92. The van der Waals surface area contributed by atoms with Crippen LogP contribution in [0.25, 0.3) is 11.4 Å². The summed E-state index contributed by atoms with van der Waals surface area (Å²) < 4.78 is 8.00. The van der Waals surface area contributed by atoms with Crippen LogP contribution in [0.5, 0.6) is 0 Å². The average Bonchev–Trinajstić information content (AvgIpc) is 2.71. The number of hydrogen-bond acceptors (Lipinski definition) is 3. The number of imidazole rings is 1. The van der Waals surface area contributed by atoms with Crippen LogP contribution >= 0.6 is 0 Å². The van der Waals surface area contributed by atoms with Crippen molar-refractivity contribution in [3.8, 4) is 11.4 Å². The summed E-state index contributed by atoms with van der Waals surface area (Å²) >= 11 is 0. The van der Waals surface area contributed by atoms with E-state index in [4.69, 9.17) is 9.72 Å². The van der Waals surface area contributed by atoms with Gasteiger partial charge in [-0.25, -0.2) is 4.98 Å². The molecule has 1 aromatic heterocycles. The zero-order valence-electron chi connectivity index (χ0n) is 12.9.